The van der Waals surface area contributed by atoms with E-state index in [-0.39, 0.29) is 0 Å². The van der Waals surface area contributed by atoms with Crippen LogP contribution in [-0.2, 0) is 0 Å². The van der Waals surface area contributed by atoms with Gasteiger partial charge in [-0.05, 0) is 48.6 Å². The summed E-state index contributed by atoms with van der Waals surface area (Å²) < 4.78 is 0. The topological polar surface area (TPSA) is 12.0 Å². The quantitative estimate of drug-likeness (QED) is 0.739. The van der Waals surface area contributed by atoms with Gasteiger partial charge in [0.05, 0.1) is 0 Å². The van der Waals surface area contributed by atoms with Gasteiger partial charge in [0, 0.05) is 11.1 Å². The molecule has 0 bridgehead atoms. The lowest BCUT2D eigenvalue weighted by molar-refractivity contribution is 0.413. The molecule has 0 radical (unpaired) electrons. The molecule has 0 fully saturated rings. The second-order valence-electron chi connectivity index (χ2n) is 4.57. The van der Waals surface area contributed by atoms with Crippen molar-refractivity contribution in [2.75, 3.05) is 18.6 Å². The average molecular weight is 272 g/mol. The molecule has 0 saturated heterocycles. The Morgan fingerprint density at radius 3 is 2.41 bits per heavy atom. The monoisotopic (exact) mass is 271 g/mol. The Morgan fingerprint density at radius 1 is 1.24 bits per heavy atom. The molecule has 0 spiro atoms. The van der Waals surface area contributed by atoms with E-state index in [0.717, 1.165) is 11.6 Å². The van der Waals surface area contributed by atoms with Crippen LogP contribution in [-0.4, -0.2) is 18.6 Å². The minimum absolute atomic E-state index is 0.425. The summed E-state index contributed by atoms with van der Waals surface area (Å²) in [5.41, 5.74) is 1.33. The van der Waals surface area contributed by atoms with E-state index >= 15 is 0 Å². The van der Waals surface area contributed by atoms with Crippen molar-refractivity contribution in [1.82, 2.24) is 5.32 Å². The second-order valence-corrected chi connectivity index (χ2v) is 6.00. The third-order valence-corrected chi connectivity index (χ3v) is 3.73. The minimum Gasteiger partial charge on any atom is -0.310 e. The summed E-state index contributed by atoms with van der Waals surface area (Å²) in [6.07, 6.45) is 3.37. The summed E-state index contributed by atoms with van der Waals surface area (Å²) in [4.78, 5) is 0. The zero-order valence-corrected chi connectivity index (χ0v) is 12.4. The predicted octanol–water partition coefficient (Wildman–Crippen LogP) is 4.38. The van der Waals surface area contributed by atoms with Crippen LogP contribution in [0.5, 0.6) is 0 Å². The van der Waals surface area contributed by atoms with Gasteiger partial charge >= 0.3 is 0 Å². The average Bonchev–Trinajstić information content (AvgIpc) is 2.30. The van der Waals surface area contributed by atoms with E-state index in [1.165, 1.54) is 17.7 Å². The molecule has 1 nitrogen and oxygen atoms in total. The molecule has 0 aliphatic rings. The third kappa shape index (κ3) is 5.33. The Kier molecular flexibility index (Phi) is 7.02. The van der Waals surface area contributed by atoms with Crippen LogP contribution in [0, 0.1) is 5.92 Å². The van der Waals surface area contributed by atoms with Gasteiger partial charge in [-0.1, -0.05) is 37.6 Å². The Morgan fingerprint density at radius 2 is 1.88 bits per heavy atom. The van der Waals surface area contributed by atoms with Crippen LogP contribution in [0.3, 0.4) is 0 Å². The highest BCUT2D eigenvalue weighted by Crippen LogP contribution is 2.23. The van der Waals surface area contributed by atoms with Crippen LogP contribution in [0.1, 0.15) is 31.9 Å². The van der Waals surface area contributed by atoms with Crippen LogP contribution >= 0.6 is 23.4 Å². The van der Waals surface area contributed by atoms with Crippen LogP contribution in [0.4, 0.5) is 0 Å². The number of hydrogen-bond donors (Lipinski definition) is 1. The summed E-state index contributed by atoms with van der Waals surface area (Å²) in [5, 5.41) is 4.44. The highest BCUT2D eigenvalue weighted by molar-refractivity contribution is 7.98. The van der Waals surface area contributed by atoms with Gasteiger partial charge in [0.2, 0.25) is 0 Å². The fraction of sp³-hybridized carbons (Fsp3) is 0.571. The van der Waals surface area contributed by atoms with Gasteiger partial charge in [-0.15, -0.1) is 0 Å². The van der Waals surface area contributed by atoms with Crippen molar-refractivity contribution >= 4 is 23.4 Å². The molecule has 0 aliphatic heterocycles. The van der Waals surface area contributed by atoms with Crippen LogP contribution in [0.2, 0.25) is 5.02 Å². The molecular formula is C14H22ClNS. The lowest BCUT2D eigenvalue weighted by Crippen LogP contribution is -2.27. The molecule has 0 amide bonds. The lowest BCUT2D eigenvalue weighted by atomic mass is 9.96. The predicted molar refractivity (Wildman–Crippen MR) is 80.0 cm³/mol. The maximum atomic E-state index is 5.92. The Labute approximate surface area is 114 Å². The number of hydrogen-bond acceptors (Lipinski definition) is 2. The SMILES string of the molecule is CSCCCNC(c1ccc(Cl)cc1)C(C)C. The zero-order chi connectivity index (χ0) is 12.7. The smallest absolute Gasteiger partial charge is 0.0406 e. The number of halogens is 1. The largest absolute Gasteiger partial charge is 0.310 e. The van der Waals surface area contributed by atoms with Crippen molar-refractivity contribution in [2.45, 2.75) is 26.3 Å². The van der Waals surface area contributed by atoms with E-state index in [1.807, 2.05) is 23.9 Å². The molecule has 1 N–H and O–H groups in total. The van der Waals surface area contributed by atoms with Crippen LogP contribution < -0.4 is 5.32 Å². The molecule has 1 atom stereocenters. The number of thioether (sulfide) groups is 1. The van der Waals surface area contributed by atoms with E-state index < -0.39 is 0 Å². The van der Waals surface area contributed by atoms with Gasteiger partial charge in [0.1, 0.15) is 0 Å². The normalized spacial score (nSPS) is 13.0. The van der Waals surface area contributed by atoms with Gasteiger partial charge in [-0.2, -0.15) is 11.8 Å². The van der Waals surface area contributed by atoms with Gasteiger partial charge < -0.3 is 5.32 Å². The van der Waals surface area contributed by atoms with Gasteiger partial charge in [0.25, 0.3) is 0 Å². The molecule has 0 heterocycles. The molecular weight excluding hydrogens is 250 g/mol. The Hall–Kier alpha value is -0.180. The second kappa shape index (κ2) is 8.02. The number of nitrogens with one attached hydrogen (secondary N) is 1. The standard InChI is InChI=1S/C14H22ClNS/c1-11(2)14(16-9-4-10-17-3)12-5-7-13(15)8-6-12/h5-8,11,14,16H,4,9-10H2,1-3H3. The first kappa shape index (κ1) is 14.9. The summed E-state index contributed by atoms with van der Waals surface area (Å²) in [6.45, 7) is 5.58. The molecule has 3 heteroatoms. The summed E-state index contributed by atoms with van der Waals surface area (Å²) in [5.74, 6) is 1.81. The van der Waals surface area contributed by atoms with Crippen molar-refractivity contribution in [3.63, 3.8) is 0 Å². The lowest BCUT2D eigenvalue weighted by Gasteiger charge is -2.23. The molecule has 0 saturated carbocycles. The Bertz CT molecular complexity index is 311. The molecule has 1 aromatic carbocycles. The van der Waals surface area contributed by atoms with Gasteiger partial charge in [-0.3, -0.25) is 0 Å². The highest BCUT2D eigenvalue weighted by atomic mass is 35.5. The maximum absolute atomic E-state index is 5.92. The van der Waals surface area contributed by atoms with E-state index in [1.54, 1.807) is 0 Å². The zero-order valence-electron chi connectivity index (χ0n) is 10.9. The van der Waals surface area contributed by atoms with Gasteiger partial charge in [0.15, 0.2) is 0 Å². The molecule has 17 heavy (non-hydrogen) atoms. The first-order valence-electron chi connectivity index (χ1n) is 6.13. The summed E-state index contributed by atoms with van der Waals surface area (Å²) in [6, 6.07) is 8.60. The highest BCUT2D eigenvalue weighted by Gasteiger charge is 2.14. The van der Waals surface area contributed by atoms with E-state index in [9.17, 15) is 0 Å². The molecule has 0 aromatic heterocycles. The molecule has 1 aromatic rings. The first-order chi connectivity index (χ1) is 8.15. The molecule has 96 valence electrons. The van der Waals surface area contributed by atoms with Gasteiger partial charge in [-0.25, -0.2) is 0 Å². The minimum atomic E-state index is 0.425. The Balaban J connectivity index is 2.56. The maximum Gasteiger partial charge on any atom is 0.0406 e. The van der Waals surface area contributed by atoms with E-state index in [0.29, 0.717) is 12.0 Å². The third-order valence-electron chi connectivity index (χ3n) is 2.79. The van der Waals surface area contributed by atoms with Crippen molar-refractivity contribution < 1.29 is 0 Å². The van der Waals surface area contributed by atoms with E-state index in [2.05, 4.69) is 37.6 Å². The summed E-state index contributed by atoms with van der Waals surface area (Å²) in [7, 11) is 0. The molecule has 0 aliphatic carbocycles. The summed E-state index contributed by atoms with van der Waals surface area (Å²) >= 11 is 7.82. The van der Waals surface area contributed by atoms with Crippen molar-refractivity contribution in [2.24, 2.45) is 5.92 Å². The molecule has 1 unspecified atom stereocenters. The first-order valence-corrected chi connectivity index (χ1v) is 7.90. The van der Waals surface area contributed by atoms with Crippen molar-refractivity contribution in [1.29, 1.82) is 0 Å². The van der Waals surface area contributed by atoms with Crippen molar-refractivity contribution in [3.05, 3.63) is 34.9 Å². The number of benzene rings is 1. The molecule has 1 rings (SSSR count). The fourth-order valence-electron chi connectivity index (χ4n) is 1.88. The van der Waals surface area contributed by atoms with Crippen LogP contribution in [0.15, 0.2) is 24.3 Å². The fourth-order valence-corrected chi connectivity index (χ4v) is 2.44. The number of rotatable bonds is 7. The van der Waals surface area contributed by atoms with Crippen LogP contribution in [0.25, 0.3) is 0 Å². The van der Waals surface area contributed by atoms with Crippen molar-refractivity contribution in [3.8, 4) is 0 Å². The van der Waals surface area contributed by atoms with E-state index in [4.69, 9.17) is 11.6 Å².